The monoisotopic (exact) mass is 626 g/mol. The van der Waals surface area contributed by atoms with Crippen molar-refractivity contribution in [2.75, 3.05) is 24.6 Å². The predicted octanol–water partition coefficient (Wildman–Crippen LogP) is 5.88. The van der Waals surface area contributed by atoms with Gasteiger partial charge in [-0.3, -0.25) is 4.79 Å². The number of aryl methyl sites for hydroxylation is 1. The van der Waals surface area contributed by atoms with Crippen molar-refractivity contribution in [3.05, 3.63) is 70.3 Å². The molecule has 2 aromatic rings. The number of aliphatic hydroxyl groups excluding tert-OH is 1. The van der Waals surface area contributed by atoms with E-state index >= 15 is 0 Å². The van der Waals surface area contributed by atoms with Gasteiger partial charge in [0.1, 0.15) is 5.75 Å². The average molecular weight is 627 g/mol. The highest BCUT2D eigenvalue weighted by molar-refractivity contribution is 7.90. The number of sulfonamides is 1. The molecule has 1 saturated carbocycles. The van der Waals surface area contributed by atoms with Crippen LogP contribution in [-0.4, -0.2) is 50.5 Å². The maximum Gasteiger partial charge on any atom is 0.264 e. The van der Waals surface area contributed by atoms with Crippen LogP contribution in [0.2, 0.25) is 5.02 Å². The summed E-state index contributed by atoms with van der Waals surface area (Å²) in [4.78, 5) is 15.8. The van der Waals surface area contributed by atoms with E-state index in [1.54, 1.807) is 18.2 Å². The third-order valence-corrected chi connectivity index (χ3v) is 12.5. The third-order valence-electron chi connectivity index (χ3n) is 10.3. The van der Waals surface area contributed by atoms with E-state index in [4.69, 9.17) is 16.3 Å². The van der Waals surface area contributed by atoms with Gasteiger partial charge in [0.05, 0.1) is 23.6 Å². The first-order valence-corrected chi connectivity index (χ1v) is 17.6. The number of hydrogen-bond donors (Lipinski definition) is 2. The number of benzene rings is 2. The Kier molecular flexibility index (Phi) is 8.33. The number of aliphatic hydroxyl groups is 1. The zero-order chi connectivity index (χ0) is 30.5. The van der Waals surface area contributed by atoms with E-state index in [9.17, 15) is 18.3 Å². The molecule has 1 fully saturated rings. The van der Waals surface area contributed by atoms with Crippen LogP contribution in [0, 0.1) is 23.7 Å². The van der Waals surface area contributed by atoms with Crippen molar-refractivity contribution < 1.29 is 23.1 Å². The normalized spacial score (nSPS) is 32.9. The average Bonchev–Trinajstić information content (AvgIpc) is 3.08. The van der Waals surface area contributed by atoms with Crippen LogP contribution in [0.1, 0.15) is 74.4 Å². The molecule has 2 aliphatic heterocycles. The highest BCUT2D eigenvalue weighted by Gasteiger charge is 2.44. The summed E-state index contributed by atoms with van der Waals surface area (Å²) >= 11 is 6.40. The summed E-state index contributed by atoms with van der Waals surface area (Å²) in [6, 6.07) is 11.4. The number of nitrogens with zero attached hydrogens (tertiary/aromatic N) is 1. The van der Waals surface area contributed by atoms with E-state index in [2.05, 4.69) is 21.8 Å². The van der Waals surface area contributed by atoms with E-state index in [1.165, 1.54) is 11.1 Å². The lowest BCUT2D eigenvalue weighted by atomic mass is 9.68. The van der Waals surface area contributed by atoms with E-state index in [-0.39, 0.29) is 34.7 Å². The maximum atomic E-state index is 13.5. The highest BCUT2D eigenvalue weighted by Crippen LogP contribution is 2.46. The molecule has 9 heteroatoms. The molecule has 2 aliphatic carbocycles. The molecule has 6 atom stereocenters. The number of carbonyl (C=O) groups is 1. The zero-order valence-corrected chi connectivity index (χ0v) is 26.8. The van der Waals surface area contributed by atoms with Crippen molar-refractivity contribution in [2.45, 2.75) is 76.1 Å². The molecule has 7 nitrogen and oxygen atoms in total. The number of amides is 1. The standard InChI is InChI=1S/C34H43ClN2O5S/c1-21(2)32-15-22(3)6-12-30(38)27-10-7-25(27)18-37-19-34(14-4-5-23-16-26(35)9-11-28(23)34)20-42-31-13-8-24(17-29(31)37)33(39)36-43(32,40)41/h6,8-9,11-13,16-17,21-22,25,27,30,32,38H,4-5,7,10,14-15,18-20H2,1-3H3,(H,36,39)/b12-6-/t22-,25-,27+,30-,32+,34-/m0/s1. The summed E-state index contributed by atoms with van der Waals surface area (Å²) in [7, 11) is -3.96. The predicted molar refractivity (Wildman–Crippen MR) is 170 cm³/mol. The number of anilines is 1. The van der Waals surface area contributed by atoms with Crippen LogP contribution < -0.4 is 14.4 Å². The molecule has 0 aromatic heterocycles. The van der Waals surface area contributed by atoms with Gasteiger partial charge in [0.15, 0.2) is 0 Å². The number of halogens is 1. The first-order chi connectivity index (χ1) is 20.5. The Balaban J connectivity index is 1.43. The zero-order valence-electron chi connectivity index (χ0n) is 25.3. The fraction of sp³-hybridized carbons (Fsp3) is 0.559. The number of carbonyl (C=O) groups excluding carboxylic acids is 1. The second kappa shape index (κ2) is 11.8. The molecular formula is C34H43ClN2O5S. The van der Waals surface area contributed by atoms with Crippen LogP contribution in [0.15, 0.2) is 48.6 Å². The lowest BCUT2D eigenvalue weighted by Crippen LogP contribution is -2.49. The minimum atomic E-state index is -3.96. The molecule has 0 unspecified atom stereocenters. The summed E-state index contributed by atoms with van der Waals surface area (Å²) in [6.45, 7) is 7.60. The van der Waals surface area contributed by atoms with E-state index in [0.717, 1.165) is 42.8 Å². The Labute approximate surface area is 260 Å². The van der Waals surface area contributed by atoms with Gasteiger partial charge in [-0.15, -0.1) is 0 Å². The quantitative estimate of drug-likeness (QED) is 0.384. The Morgan fingerprint density at radius 3 is 2.70 bits per heavy atom. The fourth-order valence-corrected chi connectivity index (χ4v) is 9.72. The number of hydrogen-bond acceptors (Lipinski definition) is 6. The van der Waals surface area contributed by atoms with Crippen molar-refractivity contribution in [1.29, 1.82) is 0 Å². The molecule has 0 saturated heterocycles. The summed E-state index contributed by atoms with van der Waals surface area (Å²) in [5.74, 6) is 0.185. The Morgan fingerprint density at radius 1 is 1.14 bits per heavy atom. The SMILES string of the molecule is CC(C)[C@H]1C[C@@H](C)/C=C\[C@H](O)[C@@H]2CC[C@H]2CN2C[C@@]3(CCCc4cc(Cl)ccc43)COc3ccc(cc32)C(=O)NS1(=O)=O. The summed E-state index contributed by atoms with van der Waals surface area (Å²) < 4.78 is 35.9. The van der Waals surface area contributed by atoms with Gasteiger partial charge in [0.2, 0.25) is 10.0 Å². The molecule has 43 heavy (non-hydrogen) atoms. The van der Waals surface area contributed by atoms with Crippen molar-refractivity contribution in [2.24, 2.45) is 23.7 Å². The van der Waals surface area contributed by atoms with E-state index < -0.39 is 27.3 Å². The molecule has 2 N–H and O–H groups in total. The Morgan fingerprint density at radius 2 is 1.95 bits per heavy atom. The van der Waals surface area contributed by atoms with E-state index in [1.807, 2.05) is 39.0 Å². The number of fused-ring (bicyclic) bond motifs is 4. The van der Waals surface area contributed by atoms with Gasteiger partial charge in [0, 0.05) is 29.1 Å². The Bertz CT molecular complexity index is 1520. The third kappa shape index (κ3) is 5.95. The van der Waals surface area contributed by atoms with Gasteiger partial charge in [-0.2, -0.15) is 0 Å². The van der Waals surface area contributed by atoms with Gasteiger partial charge >= 0.3 is 0 Å². The van der Waals surface area contributed by atoms with Crippen molar-refractivity contribution >= 4 is 33.2 Å². The van der Waals surface area contributed by atoms with Crippen molar-refractivity contribution in [1.82, 2.24) is 4.72 Å². The minimum Gasteiger partial charge on any atom is -0.490 e. The van der Waals surface area contributed by atoms with Gasteiger partial charge in [0.25, 0.3) is 5.91 Å². The maximum absolute atomic E-state index is 13.5. The summed E-state index contributed by atoms with van der Waals surface area (Å²) in [5.41, 5.74) is 3.33. The van der Waals surface area contributed by atoms with Gasteiger partial charge < -0.3 is 14.7 Å². The van der Waals surface area contributed by atoms with Crippen LogP contribution in [0.4, 0.5) is 5.69 Å². The molecule has 2 bridgehead atoms. The van der Waals surface area contributed by atoms with Crippen LogP contribution in [0.25, 0.3) is 0 Å². The number of ether oxygens (including phenoxy) is 1. The number of nitrogens with one attached hydrogen (secondary N) is 1. The molecule has 0 radical (unpaired) electrons. The smallest absolute Gasteiger partial charge is 0.264 e. The first kappa shape index (κ1) is 30.5. The van der Waals surface area contributed by atoms with Crippen molar-refractivity contribution in [3.8, 4) is 5.75 Å². The summed E-state index contributed by atoms with van der Waals surface area (Å²) in [5, 5.41) is 11.2. The molecule has 232 valence electrons. The molecule has 1 spiro atoms. The van der Waals surface area contributed by atoms with Crippen molar-refractivity contribution in [3.63, 3.8) is 0 Å². The van der Waals surface area contributed by atoms with E-state index in [0.29, 0.717) is 31.9 Å². The summed E-state index contributed by atoms with van der Waals surface area (Å²) in [6.07, 6.45) is 8.49. The Hall–Kier alpha value is -2.55. The van der Waals surface area contributed by atoms with Gasteiger partial charge in [-0.05, 0) is 104 Å². The highest BCUT2D eigenvalue weighted by atomic mass is 35.5. The number of rotatable bonds is 1. The van der Waals surface area contributed by atoms with Gasteiger partial charge in [-0.1, -0.05) is 50.6 Å². The van der Waals surface area contributed by atoms with Gasteiger partial charge in [-0.25, -0.2) is 13.1 Å². The molecule has 4 aliphatic rings. The molecule has 2 aromatic carbocycles. The topological polar surface area (TPSA) is 95.9 Å². The van der Waals surface area contributed by atoms with Crippen LogP contribution in [0.3, 0.4) is 0 Å². The molecule has 6 rings (SSSR count). The first-order valence-electron chi connectivity index (χ1n) is 15.7. The molecule has 2 heterocycles. The lowest BCUT2D eigenvalue weighted by molar-refractivity contribution is 0.0454. The van der Waals surface area contributed by atoms with Crippen LogP contribution >= 0.6 is 11.6 Å². The molecular weight excluding hydrogens is 584 g/mol. The van der Waals surface area contributed by atoms with Crippen LogP contribution in [0.5, 0.6) is 5.75 Å². The number of allylic oxidation sites excluding steroid dienone is 1. The second-order valence-electron chi connectivity index (χ2n) is 13.6. The minimum absolute atomic E-state index is 0.0754. The second-order valence-corrected chi connectivity index (χ2v) is 16.0. The largest absolute Gasteiger partial charge is 0.490 e. The fourth-order valence-electron chi connectivity index (χ4n) is 7.72. The molecule has 1 amide bonds. The lowest BCUT2D eigenvalue weighted by Gasteiger charge is -2.45. The van der Waals surface area contributed by atoms with Crippen LogP contribution in [-0.2, 0) is 21.9 Å².